The number of carboxylic acids is 1. The van der Waals surface area contributed by atoms with E-state index in [9.17, 15) is 19.5 Å². The molecule has 0 radical (unpaired) electrons. The number of nitrogens with one attached hydrogen (secondary N) is 1. The van der Waals surface area contributed by atoms with Crippen molar-refractivity contribution in [1.29, 1.82) is 0 Å². The van der Waals surface area contributed by atoms with Crippen molar-refractivity contribution in [2.24, 2.45) is 5.41 Å². The van der Waals surface area contributed by atoms with Crippen molar-refractivity contribution >= 4 is 18.0 Å². The molecule has 1 aliphatic heterocycles. The zero-order chi connectivity index (χ0) is 23.2. The Balaban J connectivity index is 1.22. The van der Waals surface area contributed by atoms with Gasteiger partial charge in [0.15, 0.2) is 0 Å². The highest BCUT2D eigenvalue weighted by Gasteiger charge is 2.57. The van der Waals surface area contributed by atoms with Gasteiger partial charge in [-0.25, -0.2) is 4.79 Å². The van der Waals surface area contributed by atoms with Crippen LogP contribution in [0.1, 0.15) is 49.7 Å². The summed E-state index contributed by atoms with van der Waals surface area (Å²) in [4.78, 5) is 39.1. The van der Waals surface area contributed by atoms with E-state index in [1.54, 1.807) is 11.8 Å². The number of benzene rings is 2. The summed E-state index contributed by atoms with van der Waals surface area (Å²) in [5.74, 6) is -1.13. The largest absolute Gasteiger partial charge is 0.481 e. The first kappa shape index (κ1) is 21.5. The molecule has 172 valence electrons. The van der Waals surface area contributed by atoms with Crippen LogP contribution in [0.15, 0.2) is 48.5 Å². The fraction of sp³-hybridized carbons (Fsp3) is 0.423. The van der Waals surface area contributed by atoms with Gasteiger partial charge in [-0.2, -0.15) is 0 Å². The van der Waals surface area contributed by atoms with Crippen molar-refractivity contribution < 1.29 is 24.2 Å². The minimum absolute atomic E-state index is 0.0533. The maximum atomic E-state index is 13.0. The van der Waals surface area contributed by atoms with Gasteiger partial charge in [0.1, 0.15) is 12.6 Å². The van der Waals surface area contributed by atoms with Gasteiger partial charge in [0.05, 0.1) is 5.41 Å². The summed E-state index contributed by atoms with van der Waals surface area (Å²) in [6.45, 7) is 2.21. The molecule has 3 atom stereocenters. The number of carbonyl (C=O) groups excluding carboxylic acids is 2. The molecule has 2 aliphatic carbocycles. The lowest BCUT2D eigenvalue weighted by molar-refractivity contribution is -0.150. The molecule has 7 nitrogen and oxygen atoms in total. The molecule has 2 aromatic rings. The molecule has 33 heavy (non-hydrogen) atoms. The van der Waals surface area contributed by atoms with E-state index in [2.05, 4.69) is 29.6 Å². The predicted molar refractivity (Wildman–Crippen MR) is 122 cm³/mol. The highest BCUT2D eigenvalue weighted by atomic mass is 16.5. The molecule has 0 bridgehead atoms. The first-order chi connectivity index (χ1) is 15.9. The average molecular weight is 449 g/mol. The SMILES string of the molecule is C[C@@H](NC(=O)OCC1c2ccccc2-c2ccccc21)C(=O)N1CCC2(C(=O)O)CCCC12. The zero-order valence-electron chi connectivity index (χ0n) is 18.6. The summed E-state index contributed by atoms with van der Waals surface area (Å²) in [6, 6.07) is 15.1. The highest BCUT2D eigenvalue weighted by Crippen LogP contribution is 2.49. The average Bonchev–Trinajstić information content (AvgIpc) is 3.48. The van der Waals surface area contributed by atoms with Crippen molar-refractivity contribution in [2.75, 3.05) is 13.2 Å². The van der Waals surface area contributed by atoms with E-state index in [-0.39, 0.29) is 24.5 Å². The Kier molecular flexibility index (Phi) is 5.35. The second kappa shape index (κ2) is 8.21. The summed E-state index contributed by atoms with van der Waals surface area (Å²) >= 11 is 0. The number of carboxylic acid groups (broad SMARTS) is 1. The fourth-order valence-electron chi connectivity index (χ4n) is 6.02. The molecule has 2 N–H and O–H groups in total. The Morgan fingerprint density at radius 3 is 2.36 bits per heavy atom. The first-order valence-corrected chi connectivity index (χ1v) is 11.6. The van der Waals surface area contributed by atoms with Crippen LogP contribution in [0.3, 0.4) is 0 Å². The van der Waals surface area contributed by atoms with E-state index in [1.807, 2.05) is 24.3 Å². The Labute approximate surface area is 192 Å². The van der Waals surface area contributed by atoms with Gasteiger partial charge in [-0.1, -0.05) is 55.0 Å². The standard InChI is InChI=1S/C26H28N2O5/c1-16(23(29)28-14-13-26(24(30)31)12-6-11-22(26)28)27-25(32)33-15-21-19-9-4-2-7-17(19)18-8-3-5-10-20(18)21/h2-5,7-10,16,21-22H,6,11-15H2,1H3,(H,27,32)(H,30,31)/t16-,22?,26?/m1/s1. The van der Waals surface area contributed by atoms with E-state index < -0.39 is 23.5 Å². The molecular weight excluding hydrogens is 420 g/mol. The van der Waals surface area contributed by atoms with Crippen LogP contribution in [-0.2, 0) is 14.3 Å². The molecule has 1 saturated carbocycles. The van der Waals surface area contributed by atoms with Crippen LogP contribution in [0, 0.1) is 5.41 Å². The number of alkyl carbamates (subject to hydrolysis) is 1. The van der Waals surface area contributed by atoms with Gasteiger partial charge in [0.25, 0.3) is 0 Å². The smallest absolute Gasteiger partial charge is 0.407 e. The molecular formula is C26H28N2O5. The number of nitrogens with zero attached hydrogens (tertiary/aromatic N) is 1. The summed E-state index contributed by atoms with van der Waals surface area (Å²) in [5.41, 5.74) is 3.72. The Morgan fingerprint density at radius 2 is 1.73 bits per heavy atom. The summed E-state index contributed by atoms with van der Waals surface area (Å²) in [5, 5.41) is 12.4. The summed E-state index contributed by atoms with van der Waals surface area (Å²) in [6.07, 6.45) is 1.92. The molecule has 2 fully saturated rings. The monoisotopic (exact) mass is 448 g/mol. The molecule has 0 aromatic heterocycles. The Bertz CT molecular complexity index is 1070. The molecule has 0 spiro atoms. The molecule has 1 saturated heterocycles. The number of hydrogen-bond acceptors (Lipinski definition) is 4. The Hall–Kier alpha value is -3.35. The van der Waals surface area contributed by atoms with Crippen LogP contribution >= 0.6 is 0 Å². The molecule has 2 unspecified atom stereocenters. The number of ether oxygens (including phenoxy) is 1. The van der Waals surface area contributed by atoms with Crippen LogP contribution in [0.5, 0.6) is 0 Å². The van der Waals surface area contributed by atoms with Gasteiger partial charge in [-0.05, 0) is 48.4 Å². The van der Waals surface area contributed by atoms with Gasteiger partial charge in [0, 0.05) is 18.5 Å². The van der Waals surface area contributed by atoms with E-state index in [1.165, 1.54) is 0 Å². The lowest BCUT2D eigenvalue weighted by Gasteiger charge is -2.30. The third-order valence-electron chi connectivity index (χ3n) is 7.67. The number of aliphatic carboxylic acids is 1. The molecule has 5 rings (SSSR count). The number of carbonyl (C=O) groups is 3. The topological polar surface area (TPSA) is 95.9 Å². The molecule has 1 heterocycles. The maximum absolute atomic E-state index is 13.0. The minimum atomic E-state index is -0.834. The van der Waals surface area contributed by atoms with Gasteiger partial charge in [-0.3, -0.25) is 9.59 Å². The van der Waals surface area contributed by atoms with Gasteiger partial charge < -0.3 is 20.1 Å². The van der Waals surface area contributed by atoms with Gasteiger partial charge in [0.2, 0.25) is 5.91 Å². The fourth-order valence-corrected chi connectivity index (χ4v) is 6.02. The van der Waals surface area contributed by atoms with Gasteiger partial charge >= 0.3 is 12.1 Å². The Morgan fingerprint density at radius 1 is 1.09 bits per heavy atom. The summed E-state index contributed by atoms with van der Waals surface area (Å²) in [7, 11) is 0. The van der Waals surface area contributed by atoms with Crippen molar-refractivity contribution in [3.8, 4) is 11.1 Å². The van der Waals surface area contributed by atoms with Crippen molar-refractivity contribution in [1.82, 2.24) is 10.2 Å². The third kappa shape index (κ3) is 3.46. The first-order valence-electron chi connectivity index (χ1n) is 11.6. The van der Waals surface area contributed by atoms with Crippen LogP contribution < -0.4 is 5.32 Å². The van der Waals surface area contributed by atoms with Crippen molar-refractivity contribution in [3.05, 3.63) is 59.7 Å². The van der Waals surface area contributed by atoms with Gasteiger partial charge in [-0.15, -0.1) is 0 Å². The third-order valence-corrected chi connectivity index (χ3v) is 7.67. The summed E-state index contributed by atoms with van der Waals surface area (Å²) < 4.78 is 5.55. The van der Waals surface area contributed by atoms with Crippen molar-refractivity contribution in [2.45, 2.75) is 50.6 Å². The van der Waals surface area contributed by atoms with E-state index in [0.29, 0.717) is 25.8 Å². The molecule has 7 heteroatoms. The number of fused-ring (bicyclic) bond motifs is 4. The van der Waals surface area contributed by atoms with E-state index in [0.717, 1.165) is 28.7 Å². The lowest BCUT2D eigenvalue weighted by Crippen LogP contribution is -2.51. The highest BCUT2D eigenvalue weighted by molar-refractivity contribution is 5.87. The minimum Gasteiger partial charge on any atom is -0.481 e. The number of hydrogen-bond donors (Lipinski definition) is 2. The van der Waals surface area contributed by atoms with Crippen molar-refractivity contribution in [3.63, 3.8) is 0 Å². The number of amides is 2. The molecule has 3 aliphatic rings. The van der Waals surface area contributed by atoms with Crippen LogP contribution in [0.25, 0.3) is 11.1 Å². The molecule has 2 aromatic carbocycles. The zero-order valence-corrected chi connectivity index (χ0v) is 18.6. The van der Waals surface area contributed by atoms with Crippen LogP contribution in [0.2, 0.25) is 0 Å². The van der Waals surface area contributed by atoms with Crippen LogP contribution in [0.4, 0.5) is 4.79 Å². The normalized spacial score (nSPS) is 24.0. The number of likely N-dealkylation sites (tertiary alicyclic amines) is 1. The quantitative estimate of drug-likeness (QED) is 0.726. The number of rotatable bonds is 5. The second-order valence-electron chi connectivity index (χ2n) is 9.34. The van der Waals surface area contributed by atoms with E-state index >= 15 is 0 Å². The van der Waals surface area contributed by atoms with Crippen LogP contribution in [-0.4, -0.2) is 53.2 Å². The van der Waals surface area contributed by atoms with E-state index in [4.69, 9.17) is 4.74 Å². The molecule has 2 amide bonds. The predicted octanol–water partition coefficient (Wildman–Crippen LogP) is 3.77. The second-order valence-corrected chi connectivity index (χ2v) is 9.34. The maximum Gasteiger partial charge on any atom is 0.407 e. The lowest BCUT2D eigenvalue weighted by atomic mass is 9.82.